The van der Waals surface area contributed by atoms with E-state index in [-0.39, 0.29) is 28.4 Å². The molecule has 1 amide bonds. The van der Waals surface area contributed by atoms with Gasteiger partial charge in [0.1, 0.15) is 10.3 Å². The van der Waals surface area contributed by atoms with Gasteiger partial charge in [0, 0.05) is 6.54 Å². The third-order valence-electron chi connectivity index (χ3n) is 3.14. The van der Waals surface area contributed by atoms with E-state index >= 15 is 0 Å². The van der Waals surface area contributed by atoms with Gasteiger partial charge in [0.15, 0.2) is 6.61 Å². The lowest BCUT2D eigenvalue weighted by Gasteiger charge is -2.07. The number of nitrogens with zero attached hydrogens (tertiary/aromatic N) is 1. The number of pyridine rings is 1. The van der Waals surface area contributed by atoms with Crippen LogP contribution in [-0.4, -0.2) is 30.0 Å². The summed E-state index contributed by atoms with van der Waals surface area (Å²) in [5.41, 5.74) is 1.36. The van der Waals surface area contributed by atoms with Gasteiger partial charge in [0.2, 0.25) is 0 Å². The molecule has 0 saturated carbocycles. The van der Waals surface area contributed by atoms with Crippen LogP contribution in [0, 0.1) is 0 Å². The summed E-state index contributed by atoms with van der Waals surface area (Å²) in [5.74, 6) is -1.04. The maximum absolute atomic E-state index is 11.8. The van der Waals surface area contributed by atoms with Crippen molar-refractivity contribution in [1.82, 2.24) is 10.3 Å². The molecule has 1 aromatic carbocycles. The zero-order valence-corrected chi connectivity index (χ0v) is 14.3. The lowest BCUT2D eigenvalue weighted by Crippen LogP contribution is -2.29. The number of benzene rings is 1. The predicted molar refractivity (Wildman–Crippen MR) is 92.3 cm³/mol. The normalized spacial score (nSPS) is 10.2. The summed E-state index contributed by atoms with van der Waals surface area (Å²) in [6.45, 7) is 0.153. The molecule has 2 rings (SSSR count). The summed E-state index contributed by atoms with van der Waals surface area (Å²) >= 11 is 11.4. The molecule has 0 spiro atoms. The van der Waals surface area contributed by atoms with Crippen molar-refractivity contribution in [3.8, 4) is 0 Å². The van der Waals surface area contributed by atoms with Crippen molar-refractivity contribution < 1.29 is 14.3 Å². The Morgan fingerprint density at radius 1 is 1.08 bits per heavy atom. The van der Waals surface area contributed by atoms with Gasteiger partial charge in [-0.15, -0.1) is 0 Å². The fourth-order valence-electron chi connectivity index (χ4n) is 2.01. The van der Waals surface area contributed by atoms with Gasteiger partial charge in [-0.3, -0.25) is 4.79 Å². The Balaban J connectivity index is 1.68. The lowest BCUT2D eigenvalue weighted by atomic mass is 10.1. The van der Waals surface area contributed by atoms with Crippen LogP contribution in [0.15, 0.2) is 42.5 Å². The van der Waals surface area contributed by atoms with Crippen molar-refractivity contribution in [3.63, 3.8) is 0 Å². The number of rotatable bonds is 7. The van der Waals surface area contributed by atoms with E-state index in [9.17, 15) is 9.59 Å². The van der Waals surface area contributed by atoms with E-state index in [4.69, 9.17) is 27.9 Å². The van der Waals surface area contributed by atoms with Crippen LogP contribution in [0.1, 0.15) is 22.3 Å². The summed E-state index contributed by atoms with van der Waals surface area (Å²) in [6, 6.07) is 12.6. The highest BCUT2D eigenvalue weighted by molar-refractivity contribution is 6.32. The number of aromatic nitrogens is 1. The van der Waals surface area contributed by atoms with E-state index < -0.39 is 5.97 Å². The van der Waals surface area contributed by atoms with Gasteiger partial charge in [-0.2, -0.15) is 0 Å². The molecular formula is C17H16Cl2N2O3. The molecule has 0 aliphatic carbocycles. The monoisotopic (exact) mass is 366 g/mol. The molecule has 5 nitrogen and oxygen atoms in total. The minimum absolute atomic E-state index is 0.0832. The number of nitrogens with one attached hydrogen (secondary N) is 1. The minimum atomic E-state index is -0.680. The molecule has 1 aromatic heterocycles. The fourth-order valence-corrected chi connectivity index (χ4v) is 2.47. The number of aryl methyl sites for hydroxylation is 1. The Labute approximate surface area is 149 Å². The number of hydrogen-bond donors (Lipinski definition) is 1. The zero-order valence-electron chi connectivity index (χ0n) is 12.8. The predicted octanol–water partition coefficient (Wildman–Crippen LogP) is 3.29. The van der Waals surface area contributed by atoms with Crippen molar-refractivity contribution >= 4 is 35.1 Å². The number of hydrogen-bond acceptors (Lipinski definition) is 4. The molecule has 24 heavy (non-hydrogen) atoms. The summed E-state index contributed by atoms with van der Waals surface area (Å²) in [7, 11) is 0. The summed E-state index contributed by atoms with van der Waals surface area (Å²) in [5, 5.41) is 2.87. The number of halogens is 2. The highest BCUT2D eigenvalue weighted by Gasteiger charge is 2.12. The highest BCUT2D eigenvalue weighted by Crippen LogP contribution is 2.15. The third-order valence-corrected chi connectivity index (χ3v) is 3.53. The zero-order chi connectivity index (χ0) is 17.4. The molecule has 0 bridgehead atoms. The van der Waals surface area contributed by atoms with E-state index in [1.54, 1.807) is 0 Å². The van der Waals surface area contributed by atoms with Gasteiger partial charge in [0.25, 0.3) is 5.91 Å². The maximum Gasteiger partial charge on any atom is 0.338 e. The quantitative estimate of drug-likeness (QED) is 0.463. The Hall–Kier alpha value is -2.11. The Morgan fingerprint density at radius 3 is 2.42 bits per heavy atom. The Kier molecular flexibility index (Phi) is 7.03. The first-order valence-corrected chi connectivity index (χ1v) is 8.11. The van der Waals surface area contributed by atoms with Crippen molar-refractivity contribution in [2.24, 2.45) is 0 Å². The van der Waals surface area contributed by atoms with Crippen LogP contribution in [0.4, 0.5) is 0 Å². The van der Waals surface area contributed by atoms with Crippen LogP contribution in [0.2, 0.25) is 10.3 Å². The molecule has 1 heterocycles. The first-order chi connectivity index (χ1) is 11.5. The molecule has 2 aromatic rings. The van der Waals surface area contributed by atoms with Gasteiger partial charge >= 0.3 is 5.97 Å². The lowest BCUT2D eigenvalue weighted by molar-refractivity contribution is -0.124. The van der Waals surface area contributed by atoms with E-state index in [1.807, 2.05) is 30.3 Å². The van der Waals surface area contributed by atoms with E-state index in [0.29, 0.717) is 6.54 Å². The second kappa shape index (κ2) is 9.25. The number of esters is 1. The largest absolute Gasteiger partial charge is 0.452 e. The average molecular weight is 367 g/mol. The van der Waals surface area contributed by atoms with Crippen LogP contribution in [0.3, 0.4) is 0 Å². The third kappa shape index (κ3) is 6.18. The molecular weight excluding hydrogens is 351 g/mol. The number of carbonyl (C=O) groups excluding carboxylic acids is 2. The van der Waals surface area contributed by atoms with Crippen molar-refractivity contribution in [2.45, 2.75) is 12.8 Å². The highest BCUT2D eigenvalue weighted by atomic mass is 35.5. The molecule has 0 aliphatic heterocycles. The Morgan fingerprint density at radius 2 is 1.75 bits per heavy atom. The Bertz CT molecular complexity index is 688. The SMILES string of the molecule is O=C(COC(=O)c1cc(Cl)nc(Cl)c1)NCCCc1ccccc1. The van der Waals surface area contributed by atoms with Crippen LogP contribution in [0.25, 0.3) is 0 Å². The number of amides is 1. The van der Waals surface area contributed by atoms with Gasteiger partial charge < -0.3 is 10.1 Å². The van der Waals surface area contributed by atoms with Gasteiger partial charge in [-0.25, -0.2) is 9.78 Å². The summed E-state index contributed by atoms with van der Waals surface area (Å²) < 4.78 is 4.92. The molecule has 0 unspecified atom stereocenters. The molecule has 0 atom stereocenters. The topological polar surface area (TPSA) is 68.3 Å². The molecule has 0 aliphatic rings. The maximum atomic E-state index is 11.8. The standard InChI is InChI=1S/C17H16Cl2N2O3/c18-14-9-13(10-15(19)21-14)17(23)24-11-16(22)20-8-4-7-12-5-2-1-3-6-12/h1-3,5-6,9-10H,4,7-8,11H2,(H,20,22). The minimum Gasteiger partial charge on any atom is -0.452 e. The molecule has 1 N–H and O–H groups in total. The van der Waals surface area contributed by atoms with Crippen molar-refractivity contribution in [3.05, 3.63) is 63.9 Å². The molecule has 126 valence electrons. The van der Waals surface area contributed by atoms with Gasteiger partial charge in [0.05, 0.1) is 5.56 Å². The number of carbonyl (C=O) groups is 2. The smallest absolute Gasteiger partial charge is 0.338 e. The second-order valence-electron chi connectivity index (χ2n) is 5.02. The molecule has 0 radical (unpaired) electrons. The number of ether oxygens (including phenoxy) is 1. The fraction of sp³-hybridized carbons (Fsp3) is 0.235. The van der Waals surface area contributed by atoms with Crippen LogP contribution >= 0.6 is 23.2 Å². The second-order valence-corrected chi connectivity index (χ2v) is 5.79. The van der Waals surface area contributed by atoms with E-state index in [1.165, 1.54) is 17.7 Å². The van der Waals surface area contributed by atoms with E-state index in [2.05, 4.69) is 10.3 Å². The first-order valence-electron chi connectivity index (χ1n) is 7.35. The van der Waals surface area contributed by atoms with Crippen molar-refractivity contribution in [1.29, 1.82) is 0 Å². The summed E-state index contributed by atoms with van der Waals surface area (Å²) in [4.78, 5) is 27.2. The molecule has 0 saturated heterocycles. The molecule has 0 fully saturated rings. The van der Waals surface area contributed by atoms with Gasteiger partial charge in [-0.1, -0.05) is 53.5 Å². The first kappa shape index (κ1) is 18.2. The summed E-state index contributed by atoms with van der Waals surface area (Å²) in [6.07, 6.45) is 1.67. The van der Waals surface area contributed by atoms with Crippen LogP contribution < -0.4 is 5.32 Å². The van der Waals surface area contributed by atoms with Crippen LogP contribution in [0.5, 0.6) is 0 Å². The van der Waals surface area contributed by atoms with Crippen LogP contribution in [-0.2, 0) is 16.0 Å². The average Bonchev–Trinajstić information content (AvgIpc) is 2.56. The molecule has 7 heteroatoms. The van der Waals surface area contributed by atoms with E-state index in [0.717, 1.165) is 12.8 Å². The van der Waals surface area contributed by atoms with Gasteiger partial charge in [-0.05, 0) is 30.5 Å². The van der Waals surface area contributed by atoms with Crippen molar-refractivity contribution in [2.75, 3.05) is 13.2 Å².